The van der Waals surface area contributed by atoms with Crippen LogP contribution in [0.2, 0.25) is 0 Å². The summed E-state index contributed by atoms with van der Waals surface area (Å²) in [4.78, 5) is 65.7. The molecule has 3 unspecified atom stereocenters. The maximum absolute atomic E-state index is 15.0. The summed E-state index contributed by atoms with van der Waals surface area (Å²) in [6.07, 6.45) is 1.99. The Kier molecular flexibility index (Phi) is 12.0. The number of carbonyl (C=O) groups is 4. The van der Waals surface area contributed by atoms with Gasteiger partial charge in [-0.3, -0.25) is 29.0 Å². The van der Waals surface area contributed by atoms with E-state index in [0.717, 1.165) is 62.3 Å². The highest BCUT2D eigenvalue weighted by atomic mass is 16.2. The fraction of sp³-hybridized carbons (Fsp3) is 0.378. The Balaban J connectivity index is 1.19. The molecule has 3 aliphatic rings. The van der Waals surface area contributed by atoms with Crippen LogP contribution in [0.4, 0.5) is 0 Å². The molecule has 10 heteroatoms. The Hall–Kier alpha value is -5.32. The third kappa shape index (κ3) is 8.66. The molecule has 2 fully saturated rings. The molecule has 4 amide bonds. The van der Waals surface area contributed by atoms with Gasteiger partial charge >= 0.3 is 0 Å². The average molecular weight is 741 g/mol. The SMILES string of the molecule is CCN1CCCC1CN(CC(N)=O)C(=O)CCN1C(=O)c2ccccc2C(C(=O)N2CCN(Cc3ccccc3)CC2)C1c1ccc(-c2ccccc2)cc1. The first kappa shape index (κ1) is 38.0. The summed E-state index contributed by atoms with van der Waals surface area (Å²) < 4.78 is 0. The Morgan fingerprint density at radius 2 is 1.44 bits per heavy atom. The lowest BCUT2D eigenvalue weighted by molar-refractivity contribution is -0.137. The molecule has 7 rings (SSSR count). The number of benzene rings is 4. The van der Waals surface area contributed by atoms with E-state index in [1.54, 1.807) is 15.9 Å². The molecule has 4 aromatic carbocycles. The summed E-state index contributed by atoms with van der Waals surface area (Å²) in [5.41, 5.74) is 11.0. The molecule has 3 heterocycles. The predicted octanol–water partition coefficient (Wildman–Crippen LogP) is 5.17. The molecule has 2 saturated heterocycles. The van der Waals surface area contributed by atoms with Crippen molar-refractivity contribution in [3.8, 4) is 11.1 Å². The molecule has 0 aromatic heterocycles. The summed E-state index contributed by atoms with van der Waals surface area (Å²) >= 11 is 0. The number of amides is 4. The Bertz CT molecular complexity index is 1950. The van der Waals surface area contributed by atoms with Crippen LogP contribution >= 0.6 is 0 Å². The molecule has 0 aliphatic carbocycles. The van der Waals surface area contributed by atoms with Crippen LogP contribution in [0.3, 0.4) is 0 Å². The van der Waals surface area contributed by atoms with Crippen LogP contribution in [0.5, 0.6) is 0 Å². The molecule has 0 spiro atoms. The number of fused-ring (bicyclic) bond motifs is 1. The van der Waals surface area contributed by atoms with Gasteiger partial charge in [-0.1, -0.05) is 110 Å². The lowest BCUT2D eigenvalue weighted by Crippen LogP contribution is -2.53. The van der Waals surface area contributed by atoms with Gasteiger partial charge in [0.25, 0.3) is 5.91 Å². The Labute approximate surface area is 324 Å². The maximum atomic E-state index is 15.0. The first-order chi connectivity index (χ1) is 26.8. The fourth-order valence-electron chi connectivity index (χ4n) is 8.73. The van der Waals surface area contributed by atoms with Crippen LogP contribution in [-0.2, 0) is 20.9 Å². The zero-order valence-electron chi connectivity index (χ0n) is 31.8. The number of hydrogen-bond donors (Lipinski definition) is 1. The van der Waals surface area contributed by atoms with Crippen molar-refractivity contribution in [1.29, 1.82) is 0 Å². The van der Waals surface area contributed by atoms with Crippen molar-refractivity contribution in [2.24, 2.45) is 5.73 Å². The third-order valence-corrected chi connectivity index (χ3v) is 11.6. The smallest absolute Gasteiger partial charge is 0.254 e. The van der Waals surface area contributed by atoms with Gasteiger partial charge in [0.1, 0.15) is 0 Å². The first-order valence-electron chi connectivity index (χ1n) is 19.7. The number of carbonyl (C=O) groups excluding carboxylic acids is 4. The lowest BCUT2D eigenvalue weighted by atomic mass is 9.78. The molecule has 0 bridgehead atoms. The van der Waals surface area contributed by atoms with Gasteiger partial charge in [-0.15, -0.1) is 0 Å². The molecular weight excluding hydrogens is 689 g/mol. The van der Waals surface area contributed by atoms with Crippen LogP contribution in [0.25, 0.3) is 11.1 Å². The summed E-state index contributed by atoms with van der Waals surface area (Å²) in [5, 5.41) is 0. The van der Waals surface area contributed by atoms with Crippen LogP contribution in [0, 0.1) is 0 Å². The molecular formula is C45H52N6O4. The molecule has 4 aromatic rings. The van der Waals surface area contributed by atoms with Gasteiger partial charge in [0, 0.05) is 63.8 Å². The monoisotopic (exact) mass is 740 g/mol. The highest BCUT2D eigenvalue weighted by Crippen LogP contribution is 2.44. The van der Waals surface area contributed by atoms with E-state index in [9.17, 15) is 19.2 Å². The van der Waals surface area contributed by atoms with Gasteiger partial charge in [0.15, 0.2) is 0 Å². The highest BCUT2D eigenvalue weighted by Gasteiger charge is 2.46. The van der Waals surface area contributed by atoms with E-state index in [-0.39, 0.29) is 43.3 Å². The van der Waals surface area contributed by atoms with E-state index >= 15 is 0 Å². The largest absolute Gasteiger partial charge is 0.368 e. The maximum Gasteiger partial charge on any atom is 0.254 e. The minimum atomic E-state index is -0.675. The van der Waals surface area contributed by atoms with Crippen molar-refractivity contribution in [2.75, 3.05) is 58.9 Å². The first-order valence-corrected chi connectivity index (χ1v) is 19.7. The minimum absolute atomic E-state index is 0.00228. The van der Waals surface area contributed by atoms with Crippen LogP contribution in [-0.4, -0.2) is 113 Å². The van der Waals surface area contributed by atoms with E-state index in [1.807, 2.05) is 83.8 Å². The van der Waals surface area contributed by atoms with Crippen molar-refractivity contribution >= 4 is 23.6 Å². The third-order valence-electron chi connectivity index (χ3n) is 11.6. The van der Waals surface area contributed by atoms with Crippen LogP contribution in [0.15, 0.2) is 109 Å². The van der Waals surface area contributed by atoms with Gasteiger partial charge < -0.3 is 20.4 Å². The van der Waals surface area contributed by atoms with Gasteiger partial charge in [-0.2, -0.15) is 0 Å². The van der Waals surface area contributed by atoms with Gasteiger partial charge in [0.2, 0.25) is 17.7 Å². The average Bonchev–Trinajstić information content (AvgIpc) is 3.68. The normalized spacial score (nSPS) is 20.3. The van der Waals surface area contributed by atoms with Gasteiger partial charge in [-0.05, 0) is 59.8 Å². The van der Waals surface area contributed by atoms with Crippen molar-refractivity contribution < 1.29 is 19.2 Å². The summed E-state index contributed by atoms with van der Waals surface area (Å²) in [5.74, 6) is -1.71. The summed E-state index contributed by atoms with van der Waals surface area (Å²) in [7, 11) is 0. The number of piperazine rings is 1. The number of rotatable bonds is 13. The predicted molar refractivity (Wildman–Crippen MR) is 214 cm³/mol. The number of nitrogens with two attached hydrogens (primary N) is 1. The second-order valence-electron chi connectivity index (χ2n) is 15.0. The molecule has 0 radical (unpaired) electrons. The summed E-state index contributed by atoms with van der Waals surface area (Å²) in [6.45, 7) is 7.73. The van der Waals surface area contributed by atoms with E-state index in [1.165, 1.54) is 5.56 Å². The van der Waals surface area contributed by atoms with Gasteiger partial charge in [-0.25, -0.2) is 0 Å². The highest BCUT2D eigenvalue weighted by molar-refractivity contribution is 6.01. The van der Waals surface area contributed by atoms with E-state index in [4.69, 9.17) is 5.73 Å². The topological polar surface area (TPSA) is 110 Å². The zero-order valence-corrected chi connectivity index (χ0v) is 31.8. The molecule has 286 valence electrons. The molecule has 55 heavy (non-hydrogen) atoms. The number of primary amides is 1. The molecule has 0 saturated carbocycles. The van der Waals surface area contributed by atoms with Crippen LogP contribution in [0.1, 0.15) is 65.2 Å². The molecule has 3 aliphatic heterocycles. The van der Waals surface area contributed by atoms with E-state index in [0.29, 0.717) is 30.8 Å². The van der Waals surface area contributed by atoms with E-state index in [2.05, 4.69) is 41.0 Å². The van der Waals surface area contributed by atoms with Gasteiger partial charge in [0.05, 0.1) is 18.5 Å². The van der Waals surface area contributed by atoms with Crippen molar-refractivity contribution in [1.82, 2.24) is 24.5 Å². The quantitative estimate of drug-likeness (QED) is 0.203. The van der Waals surface area contributed by atoms with E-state index < -0.39 is 17.9 Å². The Morgan fingerprint density at radius 3 is 2.13 bits per heavy atom. The van der Waals surface area contributed by atoms with Crippen molar-refractivity contribution in [3.05, 3.63) is 131 Å². The lowest BCUT2D eigenvalue weighted by Gasteiger charge is -2.44. The fourth-order valence-corrected chi connectivity index (χ4v) is 8.73. The number of hydrogen-bond acceptors (Lipinski definition) is 6. The minimum Gasteiger partial charge on any atom is -0.368 e. The van der Waals surface area contributed by atoms with Crippen molar-refractivity contribution in [2.45, 2.75) is 50.7 Å². The van der Waals surface area contributed by atoms with Crippen molar-refractivity contribution in [3.63, 3.8) is 0 Å². The van der Waals surface area contributed by atoms with Crippen LogP contribution < -0.4 is 5.73 Å². The molecule has 10 nitrogen and oxygen atoms in total. The molecule has 2 N–H and O–H groups in total. The molecule has 3 atom stereocenters. The second-order valence-corrected chi connectivity index (χ2v) is 15.0. The summed E-state index contributed by atoms with van der Waals surface area (Å²) in [6, 6.07) is 35.5. The number of nitrogens with zero attached hydrogens (tertiary/aromatic N) is 5. The number of likely N-dealkylation sites (tertiary alicyclic amines) is 1. The standard InChI is InChI=1S/C45H52N6O4/c1-2-48-24-11-16-37(48)31-50(32-40(46)52)41(53)23-25-51-43(36-21-19-35(20-22-36)34-14-7-4-8-15-34)42(38-17-9-10-18-39(38)44(51)54)45(55)49-28-26-47(27-29-49)30-33-12-5-3-6-13-33/h3-10,12-15,17-22,37,42-43H,2,11,16,23-32H2,1H3,(H2,46,52). The second kappa shape index (κ2) is 17.4. The zero-order chi connectivity index (χ0) is 38.3. The number of likely N-dealkylation sites (N-methyl/N-ethyl adjacent to an activating group) is 1. The Morgan fingerprint density at radius 1 is 0.782 bits per heavy atom.